The molecule has 10 N–H and O–H groups in total. The van der Waals surface area contributed by atoms with Crippen LogP contribution in [0.4, 0.5) is 0 Å². The highest BCUT2D eigenvalue weighted by molar-refractivity contribution is 6.12. The van der Waals surface area contributed by atoms with Crippen LogP contribution in [0.15, 0.2) is 0 Å². The Morgan fingerprint density at radius 3 is 0.905 bits per heavy atom. The molecular formula is C32H58AlN8O. The maximum atomic E-state index is 4.30. The summed E-state index contributed by atoms with van der Waals surface area (Å²) in [6, 6.07) is 0. The van der Waals surface area contributed by atoms with Crippen LogP contribution < -0.4 is 42.5 Å². The summed E-state index contributed by atoms with van der Waals surface area (Å²) in [5.74, 6) is 5.91. The lowest BCUT2D eigenvalue weighted by Crippen LogP contribution is -2.61. The Morgan fingerprint density at radius 2 is 0.571 bits per heavy atom. The lowest BCUT2D eigenvalue weighted by molar-refractivity contribution is 0.168. The topological polar surface area (TPSA) is 128 Å². The summed E-state index contributed by atoms with van der Waals surface area (Å²) in [6.45, 7) is 0. The maximum absolute atomic E-state index is 4.30. The third-order valence-corrected chi connectivity index (χ3v) is 15.0. The van der Waals surface area contributed by atoms with Crippen molar-refractivity contribution in [1.82, 2.24) is 42.5 Å². The molecule has 0 aromatic heterocycles. The largest absolute Gasteiger partial charge is 0.412 e. The summed E-state index contributed by atoms with van der Waals surface area (Å²) < 4.78 is 0.807. The van der Waals surface area contributed by atoms with Crippen LogP contribution in [0.5, 0.6) is 0 Å². The fourth-order valence-corrected chi connectivity index (χ4v) is 13.1. The van der Waals surface area contributed by atoms with E-state index < -0.39 is 0 Å². The summed E-state index contributed by atoms with van der Waals surface area (Å²) in [5.41, 5.74) is 0. The van der Waals surface area contributed by atoms with Crippen molar-refractivity contribution < 1.29 is 5.48 Å². The van der Waals surface area contributed by atoms with Gasteiger partial charge in [0, 0.05) is 0 Å². The predicted molar refractivity (Wildman–Crippen MR) is 167 cm³/mol. The van der Waals surface area contributed by atoms with Crippen molar-refractivity contribution in [3.63, 3.8) is 0 Å². The average molecular weight is 598 g/mol. The molecule has 17 atom stereocenters. The van der Waals surface area contributed by atoms with Gasteiger partial charge in [0.25, 0.3) is 0 Å². The number of hydrogen-bond donors (Lipinski definition) is 8. The molecule has 0 aromatic rings. The van der Waals surface area contributed by atoms with Gasteiger partial charge in [-0.1, -0.05) is 56.1 Å². The Balaban J connectivity index is 0.00000267. The summed E-state index contributed by atoms with van der Waals surface area (Å²) in [7, 11) is 0. The highest BCUT2D eigenvalue weighted by atomic mass is 27.0. The minimum atomic E-state index is 0. The molecule has 5 aliphatic heterocycles. The van der Waals surface area contributed by atoms with Gasteiger partial charge >= 0.3 is 0 Å². The number of nitrogens with one attached hydrogen (secondary N) is 8. The molecule has 9 fully saturated rings. The SMILES string of the molecule is O.[AlH][CH]1CCCC2C3NC4NC(NC5NC(NC6NC(NC(N3)C12)C1CCCCC61)C1CCCCC51)C1CCCCC41. The lowest BCUT2D eigenvalue weighted by Gasteiger charge is -2.38. The molecule has 4 saturated carbocycles. The first-order chi connectivity index (χ1) is 20.2. The molecule has 5 saturated heterocycles. The van der Waals surface area contributed by atoms with Gasteiger partial charge in [0.1, 0.15) is 0 Å². The van der Waals surface area contributed by atoms with Crippen LogP contribution in [0.25, 0.3) is 0 Å². The number of rotatable bonds is 0. The van der Waals surface area contributed by atoms with E-state index in [1.807, 2.05) is 0 Å². The zero-order chi connectivity index (χ0) is 27.1. The van der Waals surface area contributed by atoms with Gasteiger partial charge in [0.15, 0.2) is 16.3 Å². The second-order valence-corrected chi connectivity index (χ2v) is 17.0. The van der Waals surface area contributed by atoms with E-state index in [-0.39, 0.29) is 5.48 Å². The fourth-order valence-electron chi connectivity index (χ4n) is 12.2. The summed E-state index contributed by atoms with van der Waals surface area (Å²) >= 11 is 2.30. The van der Waals surface area contributed by atoms with Crippen LogP contribution in [0.3, 0.4) is 0 Å². The van der Waals surface area contributed by atoms with E-state index in [0.29, 0.717) is 49.3 Å². The molecule has 8 bridgehead atoms. The lowest BCUT2D eigenvalue weighted by atomic mass is 9.76. The number of fused-ring (bicyclic) bond motifs is 20. The monoisotopic (exact) mass is 597 g/mol. The van der Waals surface area contributed by atoms with Crippen LogP contribution in [-0.4, -0.2) is 71.1 Å². The van der Waals surface area contributed by atoms with Gasteiger partial charge in [-0.05, 0) is 92.3 Å². The molecule has 17 unspecified atom stereocenters. The Kier molecular flexibility index (Phi) is 8.50. The van der Waals surface area contributed by atoms with Crippen LogP contribution in [0, 0.1) is 47.3 Å². The van der Waals surface area contributed by atoms with E-state index in [9.17, 15) is 0 Å². The molecule has 42 heavy (non-hydrogen) atoms. The van der Waals surface area contributed by atoms with E-state index in [1.165, 1.54) is 96.3 Å². The second kappa shape index (κ2) is 12.1. The van der Waals surface area contributed by atoms with Gasteiger partial charge in [-0.2, -0.15) is 0 Å². The molecule has 0 spiro atoms. The molecule has 4 aliphatic carbocycles. The zero-order valence-corrected chi connectivity index (χ0v) is 27.0. The first-order valence-corrected chi connectivity index (χ1v) is 18.9. The molecular weight excluding hydrogens is 539 g/mol. The van der Waals surface area contributed by atoms with E-state index in [4.69, 9.17) is 0 Å². The fraction of sp³-hybridized carbons (Fsp3) is 1.00. The molecule has 1 radical (unpaired) electrons. The first kappa shape index (κ1) is 29.6. The van der Waals surface area contributed by atoms with Gasteiger partial charge < -0.3 is 5.48 Å². The standard InChI is InChI=1S/C32H55N8.Al.H2O.H/c1-2-10-18-17(9-1)25-33-26(18)38-28-21-13-5-6-14-22(21)30(35-28)40-32-24-16-8-7-15-23(24)31(36-32)39-29-20-12-4-3-11-19(20)27(34-29)37-25;;;/h9,17-40H,1-8,10-16H2;;1H2;. The molecule has 0 amide bonds. The quantitative estimate of drug-likeness (QED) is 0.195. The van der Waals surface area contributed by atoms with Crippen molar-refractivity contribution in [2.24, 2.45) is 47.3 Å². The van der Waals surface area contributed by atoms with Crippen molar-refractivity contribution in [2.75, 3.05) is 0 Å². The Morgan fingerprint density at radius 1 is 0.310 bits per heavy atom. The van der Waals surface area contributed by atoms with Crippen LogP contribution in [0.2, 0.25) is 4.78 Å². The van der Waals surface area contributed by atoms with E-state index in [1.54, 1.807) is 0 Å². The third-order valence-electron chi connectivity index (χ3n) is 14.0. The van der Waals surface area contributed by atoms with Gasteiger partial charge in [-0.15, -0.1) is 0 Å². The Labute approximate surface area is 261 Å². The highest BCUT2D eigenvalue weighted by Crippen LogP contribution is 2.47. The van der Waals surface area contributed by atoms with Crippen molar-refractivity contribution >= 4 is 16.3 Å². The summed E-state index contributed by atoms with van der Waals surface area (Å²) in [4.78, 5) is 0. The van der Waals surface area contributed by atoms with Gasteiger partial charge in [0.2, 0.25) is 0 Å². The number of hydrogen-bond acceptors (Lipinski definition) is 8. The van der Waals surface area contributed by atoms with Crippen molar-refractivity contribution in [3.8, 4) is 0 Å². The molecule has 0 aromatic carbocycles. The molecule has 9 nitrogen and oxygen atoms in total. The van der Waals surface area contributed by atoms with E-state index >= 15 is 0 Å². The minimum absolute atomic E-state index is 0. The first-order valence-electron chi connectivity index (χ1n) is 18.1. The molecule has 9 rings (SSSR count). The van der Waals surface area contributed by atoms with Gasteiger partial charge in [-0.25, -0.2) is 0 Å². The van der Waals surface area contributed by atoms with Crippen molar-refractivity contribution in [3.05, 3.63) is 0 Å². The van der Waals surface area contributed by atoms with E-state index in [0.717, 1.165) is 52.1 Å². The maximum Gasteiger partial charge on any atom is 0.178 e. The minimum Gasteiger partial charge on any atom is -0.412 e. The normalized spacial score (nSPS) is 56.9. The average Bonchev–Trinajstić information content (AvgIpc) is 3.73. The predicted octanol–water partition coefficient (Wildman–Crippen LogP) is 1.08. The molecule has 10 heteroatoms. The summed E-state index contributed by atoms with van der Waals surface area (Å²) in [6.07, 6.45) is 24.1. The van der Waals surface area contributed by atoms with Crippen LogP contribution >= 0.6 is 0 Å². The van der Waals surface area contributed by atoms with Gasteiger partial charge in [0.05, 0.1) is 49.3 Å². The highest BCUT2D eigenvalue weighted by Gasteiger charge is 2.54. The van der Waals surface area contributed by atoms with Crippen molar-refractivity contribution in [1.29, 1.82) is 0 Å². The third kappa shape index (κ3) is 4.99. The Hall–Kier alpha value is 0.172. The van der Waals surface area contributed by atoms with Crippen molar-refractivity contribution in [2.45, 2.75) is 150 Å². The van der Waals surface area contributed by atoms with E-state index in [2.05, 4.69) is 58.8 Å². The Bertz CT molecular complexity index is 959. The summed E-state index contributed by atoms with van der Waals surface area (Å²) in [5, 5.41) is 33.9. The molecule has 5 heterocycles. The van der Waals surface area contributed by atoms with Crippen LogP contribution in [0.1, 0.15) is 96.3 Å². The molecule has 9 aliphatic rings. The van der Waals surface area contributed by atoms with Crippen LogP contribution in [-0.2, 0) is 0 Å². The zero-order valence-electron chi connectivity index (χ0n) is 25.6. The smallest absolute Gasteiger partial charge is 0.178 e. The second-order valence-electron chi connectivity index (χ2n) is 15.9. The molecule has 235 valence electrons. The van der Waals surface area contributed by atoms with Gasteiger partial charge in [-0.3, -0.25) is 42.5 Å².